The van der Waals surface area contributed by atoms with Gasteiger partial charge in [-0.1, -0.05) is 168 Å². The van der Waals surface area contributed by atoms with Crippen molar-refractivity contribution in [2.24, 2.45) is 0 Å². The Balaban J connectivity index is 1.09. The molecule has 0 amide bonds. The van der Waals surface area contributed by atoms with Gasteiger partial charge in [0.25, 0.3) is 0 Å². The van der Waals surface area contributed by atoms with Crippen LogP contribution in [0, 0.1) is 39.0 Å². The first kappa shape index (κ1) is 36.0. The fraction of sp³-hybridized carbons (Fsp3) is 0.0727. The van der Waals surface area contributed by atoms with E-state index in [-0.39, 0.29) is 0 Å². The maximum absolute atomic E-state index is 10.3. The van der Waals surface area contributed by atoms with E-state index >= 15 is 0 Å². The van der Waals surface area contributed by atoms with Gasteiger partial charge in [0.2, 0.25) is 0 Å². The first-order chi connectivity index (χ1) is 27.3. The van der Waals surface area contributed by atoms with Crippen molar-refractivity contribution in [1.82, 2.24) is 0 Å². The van der Waals surface area contributed by atoms with Crippen LogP contribution in [0.4, 0.5) is 0 Å². The number of allylic oxidation sites excluding steroid dienone is 1. The van der Waals surface area contributed by atoms with E-state index in [0.717, 1.165) is 33.4 Å². The predicted molar refractivity (Wildman–Crippen MR) is 238 cm³/mol. The molecule has 8 aromatic carbocycles. The van der Waals surface area contributed by atoms with Crippen LogP contribution < -0.4 is 0 Å². The molecule has 0 saturated heterocycles. The molecule has 1 heteroatoms. The average molecular weight is 718 g/mol. The van der Waals surface area contributed by atoms with Gasteiger partial charge < -0.3 is 0 Å². The highest BCUT2D eigenvalue weighted by molar-refractivity contribution is 5.91. The Morgan fingerprint density at radius 1 is 0.321 bits per heavy atom. The lowest BCUT2D eigenvalue weighted by molar-refractivity contribution is 1.46. The lowest BCUT2D eigenvalue weighted by atomic mass is 9.92. The second-order valence-corrected chi connectivity index (χ2v) is 14.9. The van der Waals surface area contributed by atoms with Crippen molar-refractivity contribution >= 4 is 11.6 Å². The number of nitriles is 1. The Morgan fingerprint density at radius 3 is 0.804 bits per heavy atom. The molecule has 0 fully saturated rings. The number of nitrogens with zero attached hydrogens (tertiary/aromatic N) is 1. The molecule has 0 aromatic heterocycles. The van der Waals surface area contributed by atoms with E-state index in [4.69, 9.17) is 0 Å². The van der Waals surface area contributed by atoms with Crippen molar-refractivity contribution in [2.75, 3.05) is 0 Å². The maximum Gasteiger partial charge on any atom is 0.0998 e. The number of rotatable bonds is 8. The molecular formula is C55H43N. The zero-order chi connectivity index (χ0) is 38.6. The quantitative estimate of drug-likeness (QED) is 0.113. The van der Waals surface area contributed by atoms with Crippen LogP contribution >= 0.6 is 0 Å². The molecule has 0 aliphatic carbocycles. The fourth-order valence-corrected chi connectivity index (χ4v) is 7.20. The molecule has 0 N–H and O–H groups in total. The molecule has 1 nitrogen and oxygen atoms in total. The molecule has 0 bridgehead atoms. The van der Waals surface area contributed by atoms with Crippen LogP contribution in [0.15, 0.2) is 182 Å². The van der Waals surface area contributed by atoms with Crippen LogP contribution in [0.5, 0.6) is 0 Å². The lowest BCUT2D eigenvalue weighted by Gasteiger charge is -2.12. The summed E-state index contributed by atoms with van der Waals surface area (Å²) in [5, 5.41) is 10.3. The smallest absolute Gasteiger partial charge is 0.0998 e. The van der Waals surface area contributed by atoms with Gasteiger partial charge in [0, 0.05) is 0 Å². The van der Waals surface area contributed by atoms with Gasteiger partial charge >= 0.3 is 0 Å². The number of hydrogen-bond donors (Lipinski definition) is 0. The third-order valence-corrected chi connectivity index (χ3v) is 10.6. The summed E-state index contributed by atoms with van der Waals surface area (Å²) in [6.07, 6.45) is 1.98. The van der Waals surface area contributed by atoms with Crippen molar-refractivity contribution in [1.29, 1.82) is 5.26 Å². The molecule has 0 unspecified atom stereocenters. The van der Waals surface area contributed by atoms with Crippen LogP contribution in [0.25, 0.3) is 78.4 Å². The van der Waals surface area contributed by atoms with Gasteiger partial charge in [0.05, 0.1) is 11.6 Å². The Kier molecular flexibility index (Phi) is 10.1. The number of benzene rings is 8. The van der Waals surface area contributed by atoms with Gasteiger partial charge in [-0.25, -0.2) is 0 Å². The molecule has 8 aromatic rings. The van der Waals surface area contributed by atoms with Crippen molar-refractivity contribution in [3.63, 3.8) is 0 Å². The molecule has 0 aliphatic rings. The van der Waals surface area contributed by atoms with Crippen LogP contribution in [-0.4, -0.2) is 0 Å². The van der Waals surface area contributed by atoms with Crippen molar-refractivity contribution < 1.29 is 0 Å². The van der Waals surface area contributed by atoms with Crippen LogP contribution in [0.3, 0.4) is 0 Å². The van der Waals surface area contributed by atoms with Crippen molar-refractivity contribution in [3.8, 4) is 72.8 Å². The summed E-state index contributed by atoms with van der Waals surface area (Å²) in [7, 11) is 0. The molecule has 0 spiro atoms. The summed E-state index contributed by atoms with van der Waals surface area (Å²) < 4.78 is 0. The minimum atomic E-state index is 0.626. The van der Waals surface area contributed by atoms with E-state index in [2.05, 4.69) is 216 Å². The Labute approximate surface area is 331 Å². The third-order valence-electron chi connectivity index (χ3n) is 10.6. The Morgan fingerprint density at radius 2 is 0.554 bits per heavy atom. The predicted octanol–water partition coefficient (Wildman–Crippen LogP) is 15.0. The highest BCUT2D eigenvalue weighted by Gasteiger charge is 2.11. The lowest BCUT2D eigenvalue weighted by Crippen LogP contribution is -1.88. The molecule has 8 rings (SSSR count). The van der Waals surface area contributed by atoms with E-state index in [0.29, 0.717) is 5.57 Å². The summed E-state index contributed by atoms with van der Waals surface area (Å²) in [5.41, 5.74) is 21.5. The molecule has 0 atom stereocenters. The Bertz CT molecular complexity index is 2580. The SMILES string of the molecule is Cc1ccc(-c2cc(-c3ccc(C)cc3)cc(-c3ccc(C=C(C#N)c4ccc(-c5cc(-c6ccc(C)cc6)cc(-c6ccc(C)cc6)c5)cc4)cc3)c2)cc1. The molecule has 56 heavy (non-hydrogen) atoms. The summed E-state index contributed by atoms with van der Waals surface area (Å²) in [6, 6.07) is 67.9. The van der Waals surface area contributed by atoms with Gasteiger partial charge in [0.1, 0.15) is 0 Å². The molecule has 0 heterocycles. The van der Waals surface area contributed by atoms with E-state index in [1.807, 2.05) is 6.08 Å². The molecule has 268 valence electrons. The van der Waals surface area contributed by atoms with E-state index in [1.54, 1.807) is 0 Å². The van der Waals surface area contributed by atoms with Crippen LogP contribution in [-0.2, 0) is 0 Å². The number of aryl methyl sites for hydroxylation is 4. The normalized spacial score (nSPS) is 11.3. The van der Waals surface area contributed by atoms with Gasteiger partial charge in [-0.15, -0.1) is 0 Å². The second kappa shape index (κ2) is 15.8. The van der Waals surface area contributed by atoms with E-state index in [1.165, 1.54) is 66.8 Å². The first-order valence-corrected chi connectivity index (χ1v) is 19.2. The zero-order valence-electron chi connectivity index (χ0n) is 32.3. The molecular weight excluding hydrogens is 675 g/mol. The summed E-state index contributed by atoms with van der Waals surface area (Å²) in [6.45, 7) is 8.48. The molecule has 0 aliphatic heterocycles. The van der Waals surface area contributed by atoms with Gasteiger partial charge in [0.15, 0.2) is 0 Å². The largest absolute Gasteiger partial charge is 0.192 e. The minimum Gasteiger partial charge on any atom is -0.192 e. The van der Waals surface area contributed by atoms with Gasteiger partial charge in [-0.05, 0) is 148 Å². The van der Waals surface area contributed by atoms with E-state index in [9.17, 15) is 5.26 Å². The summed E-state index contributed by atoms with van der Waals surface area (Å²) in [4.78, 5) is 0. The maximum atomic E-state index is 10.3. The Hall–Kier alpha value is -7.01. The van der Waals surface area contributed by atoms with Gasteiger partial charge in [-0.2, -0.15) is 5.26 Å². The summed E-state index contributed by atoms with van der Waals surface area (Å²) >= 11 is 0. The second-order valence-electron chi connectivity index (χ2n) is 14.9. The minimum absolute atomic E-state index is 0.626. The average Bonchev–Trinajstić information content (AvgIpc) is 3.24. The standard InChI is InChI=1S/C55H43N/c1-37-5-15-42(16-6-37)49-30-50(43-17-7-38(2)8-18-43)33-53(32-49)46-23-13-41(14-24-46)29-55(36-56)48-27-25-47(26-28-48)54-34-51(44-19-9-39(3)10-20-44)31-52(35-54)45-21-11-40(4)12-22-45/h5-35H,1-4H3. The zero-order valence-corrected chi connectivity index (χ0v) is 32.3. The monoisotopic (exact) mass is 717 g/mol. The topological polar surface area (TPSA) is 23.8 Å². The molecule has 0 saturated carbocycles. The van der Waals surface area contributed by atoms with Crippen molar-refractivity contribution in [3.05, 3.63) is 215 Å². The van der Waals surface area contributed by atoms with E-state index < -0.39 is 0 Å². The highest BCUT2D eigenvalue weighted by Crippen LogP contribution is 2.36. The van der Waals surface area contributed by atoms with Crippen LogP contribution in [0.1, 0.15) is 33.4 Å². The van der Waals surface area contributed by atoms with Crippen LogP contribution in [0.2, 0.25) is 0 Å². The first-order valence-electron chi connectivity index (χ1n) is 19.2. The molecule has 0 radical (unpaired) electrons. The van der Waals surface area contributed by atoms with Crippen molar-refractivity contribution in [2.45, 2.75) is 27.7 Å². The highest BCUT2D eigenvalue weighted by atomic mass is 14.3. The fourth-order valence-electron chi connectivity index (χ4n) is 7.20. The third kappa shape index (κ3) is 8.07. The van der Waals surface area contributed by atoms with Gasteiger partial charge in [-0.3, -0.25) is 0 Å². The number of hydrogen-bond acceptors (Lipinski definition) is 1. The summed E-state index contributed by atoms with van der Waals surface area (Å²) in [5.74, 6) is 0.